The summed E-state index contributed by atoms with van der Waals surface area (Å²) in [5.74, 6) is -2.54. The monoisotopic (exact) mass is 163 g/mol. The first-order valence-electron chi connectivity index (χ1n) is 4.10. The van der Waals surface area contributed by atoms with E-state index in [1.807, 2.05) is 0 Å². The molecule has 0 aromatic heterocycles. The fraction of sp³-hybridized carbons (Fsp3) is 1.00. The largest absolute Gasteiger partial charge is 0.330 e. The molecule has 1 nitrogen and oxygen atoms in total. The van der Waals surface area contributed by atoms with E-state index in [1.54, 1.807) is 6.92 Å². The van der Waals surface area contributed by atoms with Crippen molar-refractivity contribution in [3.05, 3.63) is 0 Å². The predicted octanol–water partition coefficient (Wildman–Crippen LogP) is 2.16. The second-order valence-corrected chi connectivity index (χ2v) is 3.68. The summed E-state index contributed by atoms with van der Waals surface area (Å²) in [6, 6.07) is 0. The maximum atomic E-state index is 13.2. The topological polar surface area (TPSA) is 26.0 Å². The van der Waals surface area contributed by atoms with Gasteiger partial charge in [0.15, 0.2) is 0 Å². The van der Waals surface area contributed by atoms with E-state index in [0.29, 0.717) is 12.8 Å². The van der Waals surface area contributed by atoms with Gasteiger partial charge >= 0.3 is 0 Å². The first kappa shape index (κ1) is 8.91. The van der Waals surface area contributed by atoms with Crippen LogP contribution < -0.4 is 5.73 Å². The van der Waals surface area contributed by atoms with Crippen molar-refractivity contribution in [3.8, 4) is 0 Å². The molecule has 1 rings (SSSR count). The van der Waals surface area contributed by atoms with Gasteiger partial charge in [-0.1, -0.05) is 13.3 Å². The minimum atomic E-state index is -2.54. The van der Waals surface area contributed by atoms with E-state index >= 15 is 0 Å². The predicted molar refractivity (Wildman–Crippen MR) is 40.6 cm³/mol. The van der Waals surface area contributed by atoms with E-state index in [9.17, 15) is 8.78 Å². The summed E-state index contributed by atoms with van der Waals surface area (Å²) in [6.45, 7) is 1.69. The van der Waals surface area contributed by atoms with Crippen LogP contribution in [-0.4, -0.2) is 12.5 Å². The Morgan fingerprint density at radius 1 is 1.27 bits per heavy atom. The lowest BCUT2D eigenvalue weighted by Crippen LogP contribution is -2.46. The molecule has 0 saturated heterocycles. The van der Waals surface area contributed by atoms with Gasteiger partial charge in [-0.15, -0.1) is 0 Å². The van der Waals surface area contributed by atoms with Crippen LogP contribution in [0.4, 0.5) is 8.78 Å². The average molecular weight is 163 g/mol. The highest BCUT2D eigenvalue weighted by atomic mass is 19.3. The normalized spacial score (nSPS) is 37.1. The average Bonchev–Trinajstić information content (AvgIpc) is 1.95. The highest BCUT2D eigenvalue weighted by molar-refractivity contribution is 4.92. The minimum absolute atomic E-state index is 0.0146. The first-order valence-corrected chi connectivity index (χ1v) is 4.10. The zero-order valence-corrected chi connectivity index (χ0v) is 6.87. The molecular weight excluding hydrogens is 148 g/mol. The SMILES string of the molecule is CC1(CN)CCCCC1(F)F. The van der Waals surface area contributed by atoms with Gasteiger partial charge in [-0.3, -0.25) is 0 Å². The Hall–Kier alpha value is -0.180. The van der Waals surface area contributed by atoms with Crippen LogP contribution in [0.25, 0.3) is 0 Å². The van der Waals surface area contributed by atoms with Crippen molar-refractivity contribution in [2.75, 3.05) is 6.54 Å². The van der Waals surface area contributed by atoms with E-state index < -0.39 is 11.3 Å². The lowest BCUT2D eigenvalue weighted by molar-refractivity contribution is -0.136. The molecule has 1 fully saturated rings. The third-order valence-electron chi connectivity index (χ3n) is 2.80. The van der Waals surface area contributed by atoms with E-state index in [4.69, 9.17) is 5.73 Å². The summed E-state index contributed by atoms with van der Waals surface area (Å²) < 4.78 is 26.3. The summed E-state index contributed by atoms with van der Waals surface area (Å²) in [5.41, 5.74) is 4.39. The number of hydrogen-bond acceptors (Lipinski definition) is 1. The molecule has 1 saturated carbocycles. The van der Waals surface area contributed by atoms with Crippen LogP contribution in [0.5, 0.6) is 0 Å². The van der Waals surface area contributed by atoms with Crippen LogP contribution in [0.2, 0.25) is 0 Å². The van der Waals surface area contributed by atoms with Crippen LogP contribution in [0.1, 0.15) is 32.6 Å². The third-order valence-corrected chi connectivity index (χ3v) is 2.80. The Kier molecular flexibility index (Phi) is 2.19. The molecule has 2 N–H and O–H groups in total. The molecule has 3 heteroatoms. The summed E-state index contributed by atoms with van der Waals surface area (Å²) in [4.78, 5) is 0. The smallest absolute Gasteiger partial charge is 0.254 e. The molecular formula is C8H15F2N. The molecule has 0 aromatic rings. The van der Waals surface area contributed by atoms with Gasteiger partial charge in [-0.2, -0.15) is 0 Å². The molecule has 1 unspecified atom stereocenters. The maximum Gasteiger partial charge on any atom is 0.254 e. The Morgan fingerprint density at radius 2 is 1.82 bits per heavy atom. The van der Waals surface area contributed by atoms with E-state index in [2.05, 4.69) is 0 Å². The van der Waals surface area contributed by atoms with Crippen molar-refractivity contribution < 1.29 is 8.78 Å². The van der Waals surface area contributed by atoms with E-state index in [1.165, 1.54) is 0 Å². The molecule has 1 aliphatic rings. The van der Waals surface area contributed by atoms with Crippen molar-refractivity contribution in [2.45, 2.75) is 38.5 Å². The summed E-state index contributed by atoms with van der Waals surface area (Å²) in [5, 5.41) is 0. The van der Waals surface area contributed by atoms with Gasteiger partial charge in [-0.25, -0.2) is 8.78 Å². The summed E-state index contributed by atoms with van der Waals surface area (Å²) >= 11 is 0. The zero-order valence-electron chi connectivity index (χ0n) is 6.87. The van der Waals surface area contributed by atoms with Gasteiger partial charge in [0.2, 0.25) is 0 Å². The number of hydrogen-bond donors (Lipinski definition) is 1. The van der Waals surface area contributed by atoms with Crippen molar-refractivity contribution in [1.29, 1.82) is 0 Å². The molecule has 0 aromatic carbocycles. The number of rotatable bonds is 1. The molecule has 66 valence electrons. The standard InChI is InChI=1S/C8H15F2N/c1-7(6-11)4-2-3-5-8(7,9)10/h2-6,11H2,1H3. The number of nitrogens with two attached hydrogens (primary N) is 1. The van der Waals surface area contributed by atoms with Crippen LogP contribution >= 0.6 is 0 Å². The van der Waals surface area contributed by atoms with Gasteiger partial charge in [0, 0.05) is 18.4 Å². The zero-order chi connectivity index (χ0) is 8.54. The molecule has 0 radical (unpaired) electrons. The number of halogens is 2. The van der Waals surface area contributed by atoms with Gasteiger partial charge in [0.25, 0.3) is 5.92 Å². The quantitative estimate of drug-likeness (QED) is 0.629. The second-order valence-electron chi connectivity index (χ2n) is 3.68. The van der Waals surface area contributed by atoms with Crippen LogP contribution in [-0.2, 0) is 0 Å². The van der Waals surface area contributed by atoms with Crippen molar-refractivity contribution in [3.63, 3.8) is 0 Å². The highest BCUT2D eigenvalue weighted by Gasteiger charge is 2.50. The van der Waals surface area contributed by atoms with Crippen LogP contribution in [0, 0.1) is 5.41 Å². The Bertz CT molecular complexity index is 147. The first-order chi connectivity index (χ1) is 5.02. The minimum Gasteiger partial charge on any atom is -0.330 e. The highest BCUT2D eigenvalue weighted by Crippen LogP contribution is 2.46. The van der Waals surface area contributed by atoms with Crippen molar-refractivity contribution >= 4 is 0 Å². The molecule has 0 aliphatic heterocycles. The molecule has 0 amide bonds. The molecule has 1 atom stereocenters. The molecule has 11 heavy (non-hydrogen) atoms. The van der Waals surface area contributed by atoms with E-state index in [-0.39, 0.29) is 13.0 Å². The third kappa shape index (κ3) is 1.39. The lowest BCUT2D eigenvalue weighted by Gasteiger charge is -2.40. The van der Waals surface area contributed by atoms with Gasteiger partial charge < -0.3 is 5.73 Å². The van der Waals surface area contributed by atoms with Crippen LogP contribution in [0.15, 0.2) is 0 Å². The fourth-order valence-electron chi connectivity index (χ4n) is 1.60. The summed E-state index contributed by atoms with van der Waals surface area (Å²) in [7, 11) is 0. The molecule has 1 aliphatic carbocycles. The van der Waals surface area contributed by atoms with E-state index in [0.717, 1.165) is 6.42 Å². The maximum absolute atomic E-state index is 13.2. The Balaban J connectivity index is 2.74. The number of alkyl halides is 2. The Morgan fingerprint density at radius 3 is 2.18 bits per heavy atom. The summed E-state index contributed by atoms with van der Waals surface area (Å²) in [6.07, 6.45) is 2.11. The van der Waals surface area contributed by atoms with Crippen LogP contribution in [0.3, 0.4) is 0 Å². The molecule has 0 bridgehead atoms. The Labute approximate surface area is 66.0 Å². The van der Waals surface area contributed by atoms with Crippen molar-refractivity contribution in [2.24, 2.45) is 11.1 Å². The second kappa shape index (κ2) is 2.70. The van der Waals surface area contributed by atoms with Crippen molar-refractivity contribution in [1.82, 2.24) is 0 Å². The lowest BCUT2D eigenvalue weighted by atomic mass is 9.72. The molecule has 0 spiro atoms. The van der Waals surface area contributed by atoms with Gasteiger partial charge in [-0.05, 0) is 12.8 Å². The van der Waals surface area contributed by atoms with Gasteiger partial charge in [0.05, 0.1) is 0 Å². The fourth-order valence-corrected chi connectivity index (χ4v) is 1.60. The van der Waals surface area contributed by atoms with Gasteiger partial charge in [0.1, 0.15) is 0 Å². The molecule has 0 heterocycles.